The number of hydrogen-bond acceptors (Lipinski definition) is 4. The van der Waals surface area contributed by atoms with Crippen LogP contribution in [-0.4, -0.2) is 47.3 Å². The second-order valence-electron chi connectivity index (χ2n) is 39.7. The fourth-order valence-corrected chi connectivity index (χ4v) is 19.5. The molecule has 0 spiro atoms. The first-order chi connectivity index (χ1) is 47.0. The second kappa shape index (κ2) is 59.7. The standard InChI is InChI=1S/3C11H23N.2C11H22.C10H21N.3C10H20.CH4/c3*1-9(2)11-6-4-10(5-7-11)8-12-3;2*1-4-10-5-7-11(8-6-10)9(2)3;1-8(2)10-5-3-9(7-11)4-6-10;3*1-8(2)10-6-4-9(3)5-7-10;/h3*9-12H,4-8H2,1-3H3;2*9-11H,4-8H2,1-3H3;8-10H,3-7,11H2,1-2H3;3*8-10H,4-7H2,1-3H3;1H4. The van der Waals surface area contributed by atoms with E-state index in [-0.39, 0.29) is 7.43 Å². The van der Waals surface area contributed by atoms with Crippen molar-refractivity contribution >= 4 is 0 Å². The summed E-state index contributed by atoms with van der Waals surface area (Å²) in [5, 5.41) is 9.84. The first-order valence-corrected chi connectivity index (χ1v) is 45.7. The van der Waals surface area contributed by atoms with Crippen LogP contribution in [0.15, 0.2) is 0 Å². The minimum Gasteiger partial charge on any atom is -0.330 e. The van der Waals surface area contributed by atoms with Crippen molar-refractivity contribution in [2.75, 3.05) is 47.3 Å². The normalized spacial score (nSPS) is 32.4. The molecular formula is C96H198N4. The van der Waals surface area contributed by atoms with E-state index in [1.54, 1.807) is 0 Å². The average Bonchev–Trinajstić information content (AvgIpc) is 1.13. The molecular weight excluding hydrogens is 1210 g/mol. The summed E-state index contributed by atoms with van der Waals surface area (Å²) >= 11 is 0. The van der Waals surface area contributed by atoms with Crippen LogP contribution in [0.5, 0.6) is 0 Å². The van der Waals surface area contributed by atoms with E-state index in [0.29, 0.717) is 0 Å². The highest BCUT2D eigenvalue weighted by atomic mass is 14.8. The third kappa shape index (κ3) is 46.3. The summed E-state index contributed by atoms with van der Waals surface area (Å²) in [6, 6.07) is 0. The molecule has 0 aromatic carbocycles. The molecule has 0 aliphatic heterocycles. The van der Waals surface area contributed by atoms with Crippen molar-refractivity contribution in [3.8, 4) is 0 Å². The quantitative estimate of drug-likeness (QED) is 0.110. The molecule has 0 aromatic rings. The SMILES string of the molecule is C.CC(C)C1CCC(CN)CC1.CC1CCC(C(C)C)CC1.CC1CCC(C(C)C)CC1.CC1CCC(C(C)C)CC1.CCC1CCC(C(C)C)CC1.CCC1CCC(C(C)C)CC1.CNCC1CCC(C(C)C)CC1.CNCC1CCC(C(C)C)CC1.CNCC1CCC(C(C)C)CC1. The average molecular weight is 1410 g/mol. The molecule has 0 saturated heterocycles. The van der Waals surface area contributed by atoms with Gasteiger partial charge in [-0.3, -0.25) is 0 Å². The molecule has 9 fully saturated rings. The predicted molar refractivity (Wildman–Crippen MR) is 458 cm³/mol. The van der Waals surface area contributed by atoms with Gasteiger partial charge in [0, 0.05) is 0 Å². The molecule has 4 nitrogen and oxygen atoms in total. The van der Waals surface area contributed by atoms with Gasteiger partial charge in [0.1, 0.15) is 0 Å². The van der Waals surface area contributed by atoms with Crippen LogP contribution in [0.4, 0.5) is 0 Å². The maximum Gasteiger partial charge on any atom is -0.00235 e. The molecule has 9 aliphatic carbocycles. The summed E-state index contributed by atoms with van der Waals surface area (Å²) in [7, 11) is 6.19. The van der Waals surface area contributed by atoms with E-state index in [1.807, 2.05) is 0 Å². The molecule has 5 N–H and O–H groups in total. The van der Waals surface area contributed by atoms with Crippen molar-refractivity contribution in [1.29, 1.82) is 0 Å². The highest BCUT2D eigenvalue weighted by molar-refractivity contribution is 4.81. The van der Waals surface area contributed by atoms with Gasteiger partial charge in [-0.1, -0.05) is 244 Å². The molecule has 0 unspecified atom stereocenters. The fourth-order valence-electron chi connectivity index (χ4n) is 19.5. The lowest BCUT2D eigenvalue weighted by molar-refractivity contribution is 0.221. The Bertz CT molecular complexity index is 1490. The van der Waals surface area contributed by atoms with Crippen LogP contribution in [0.25, 0.3) is 0 Å². The Hall–Kier alpha value is -0.160. The van der Waals surface area contributed by atoms with Gasteiger partial charge < -0.3 is 21.7 Å². The number of nitrogens with two attached hydrogens (primary N) is 1. The Labute approximate surface area is 635 Å². The summed E-state index contributed by atoms with van der Waals surface area (Å²) in [5.41, 5.74) is 5.62. The van der Waals surface area contributed by atoms with Crippen LogP contribution in [-0.2, 0) is 0 Å². The van der Waals surface area contributed by atoms with Gasteiger partial charge in [0.25, 0.3) is 0 Å². The highest BCUT2D eigenvalue weighted by Crippen LogP contribution is 2.40. The van der Waals surface area contributed by atoms with Crippen molar-refractivity contribution in [1.82, 2.24) is 16.0 Å². The molecule has 0 heterocycles. The van der Waals surface area contributed by atoms with Gasteiger partial charge in [0.2, 0.25) is 0 Å². The smallest absolute Gasteiger partial charge is 0.00235 e. The van der Waals surface area contributed by atoms with E-state index < -0.39 is 0 Å². The van der Waals surface area contributed by atoms with Gasteiger partial charge in [0.15, 0.2) is 0 Å². The summed E-state index contributed by atoms with van der Waals surface area (Å²) < 4.78 is 0. The lowest BCUT2D eigenvalue weighted by Gasteiger charge is -2.30. The van der Waals surface area contributed by atoms with E-state index in [0.717, 1.165) is 166 Å². The van der Waals surface area contributed by atoms with Gasteiger partial charge in [-0.25, -0.2) is 0 Å². The predicted octanol–water partition coefficient (Wildman–Crippen LogP) is 29.2. The Morgan fingerprint density at radius 1 is 0.220 bits per heavy atom. The van der Waals surface area contributed by atoms with Crippen LogP contribution >= 0.6 is 0 Å². The number of nitrogens with one attached hydrogen (secondary N) is 3. The van der Waals surface area contributed by atoms with E-state index in [4.69, 9.17) is 5.73 Å². The lowest BCUT2D eigenvalue weighted by Crippen LogP contribution is -2.25. The van der Waals surface area contributed by atoms with Crippen LogP contribution in [0.3, 0.4) is 0 Å². The van der Waals surface area contributed by atoms with E-state index in [1.165, 1.54) is 264 Å². The molecule has 9 rings (SSSR count). The third-order valence-corrected chi connectivity index (χ3v) is 29.0. The Balaban J connectivity index is 0.00000110. The zero-order valence-electron chi connectivity index (χ0n) is 73.4. The maximum absolute atomic E-state index is 5.62. The molecule has 9 saturated carbocycles. The summed E-state index contributed by atoms with van der Waals surface area (Å²) in [6.45, 7) is 58.9. The van der Waals surface area contributed by atoms with Gasteiger partial charge in [-0.15, -0.1) is 0 Å². The molecule has 9 aliphatic rings. The van der Waals surface area contributed by atoms with Crippen molar-refractivity contribution in [3.05, 3.63) is 0 Å². The van der Waals surface area contributed by atoms with Crippen molar-refractivity contribution in [2.24, 2.45) is 166 Å². The zero-order valence-corrected chi connectivity index (χ0v) is 73.4. The number of rotatable bonds is 18. The Morgan fingerprint density at radius 2 is 0.350 bits per heavy atom. The first kappa shape index (κ1) is 99.8. The van der Waals surface area contributed by atoms with Crippen LogP contribution in [0, 0.1) is 160 Å². The van der Waals surface area contributed by atoms with Gasteiger partial charge in [-0.2, -0.15) is 0 Å². The third-order valence-electron chi connectivity index (χ3n) is 29.0. The van der Waals surface area contributed by atoms with Gasteiger partial charge >= 0.3 is 0 Å². The highest BCUT2D eigenvalue weighted by Gasteiger charge is 2.29. The molecule has 0 amide bonds. The second-order valence-corrected chi connectivity index (χ2v) is 39.7. The maximum atomic E-state index is 5.62. The van der Waals surface area contributed by atoms with Crippen LogP contribution < -0.4 is 21.7 Å². The molecule has 100 heavy (non-hydrogen) atoms. The van der Waals surface area contributed by atoms with E-state index >= 15 is 0 Å². The van der Waals surface area contributed by atoms with Crippen molar-refractivity contribution < 1.29 is 0 Å². The van der Waals surface area contributed by atoms with E-state index in [2.05, 4.69) is 196 Å². The minimum absolute atomic E-state index is 0. The Kier molecular flexibility index (Phi) is 59.7. The Morgan fingerprint density at radius 3 is 0.470 bits per heavy atom. The summed E-state index contributed by atoms with van der Waals surface area (Å²) in [4.78, 5) is 0. The van der Waals surface area contributed by atoms with Crippen LogP contribution in [0.1, 0.15) is 411 Å². The topological polar surface area (TPSA) is 62.1 Å². The van der Waals surface area contributed by atoms with Crippen LogP contribution in [0.2, 0.25) is 0 Å². The molecule has 602 valence electrons. The molecule has 0 radical (unpaired) electrons. The zero-order chi connectivity index (χ0) is 74.4. The van der Waals surface area contributed by atoms with Crippen molar-refractivity contribution in [3.63, 3.8) is 0 Å². The molecule has 0 aromatic heterocycles. The molecule has 4 heteroatoms. The monoisotopic (exact) mass is 1410 g/mol. The minimum atomic E-state index is 0. The molecule has 0 bridgehead atoms. The van der Waals surface area contributed by atoms with Gasteiger partial charge in [-0.05, 0) is 374 Å². The van der Waals surface area contributed by atoms with Crippen molar-refractivity contribution in [2.45, 2.75) is 411 Å². The van der Waals surface area contributed by atoms with Gasteiger partial charge in [0.05, 0.1) is 0 Å². The van der Waals surface area contributed by atoms with E-state index in [9.17, 15) is 0 Å². The summed E-state index contributed by atoms with van der Waals surface area (Å²) in [5.74, 6) is 26.3. The number of hydrogen-bond donors (Lipinski definition) is 4. The molecule has 0 atom stereocenters. The first-order valence-electron chi connectivity index (χ1n) is 45.7. The largest absolute Gasteiger partial charge is 0.330 e. The fraction of sp³-hybridized carbons (Fsp3) is 1.00. The summed E-state index contributed by atoms with van der Waals surface area (Å²) in [6.07, 6.45) is 55.6. The lowest BCUT2D eigenvalue weighted by atomic mass is 9.76.